The van der Waals surface area contributed by atoms with Crippen molar-refractivity contribution in [1.82, 2.24) is 4.57 Å². The number of oxime groups is 1. The second kappa shape index (κ2) is 16.0. The Labute approximate surface area is 314 Å². The normalized spacial score (nSPS) is 12.9. The van der Waals surface area contributed by atoms with Crippen LogP contribution in [0.2, 0.25) is 0 Å². The molecule has 5 aromatic carbocycles. The van der Waals surface area contributed by atoms with Crippen molar-refractivity contribution in [3.05, 3.63) is 129 Å². The lowest BCUT2D eigenvalue weighted by Gasteiger charge is -2.19. The highest BCUT2D eigenvalue weighted by Gasteiger charge is 2.27. The topological polar surface area (TPSA) is 60.7 Å². The van der Waals surface area contributed by atoms with Crippen molar-refractivity contribution in [3.8, 4) is 0 Å². The van der Waals surface area contributed by atoms with Crippen LogP contribution in [0.5, 0.6) is 0 Å². The average Bonchev–Trinajstić information content (AvgIpc) is 3.44. The first-order valence-corrected chi connectivity index (χ1v) is 18.8. The van der Waals surface area contributed by atoms with Crippen molar-refractivity contribution in [1.29, 1.82) is 0 Å². The number of rotatable bonds is 13. The zero-order valence-corrected chi connectivity index (χ0v) is 31.9. The lowest BCUT2D eigenvalue weighted by atomic mass is 9.89. The average molecular weight is 733 g/mol. The largest absolute Gasteiger partial charge is 0.389 e. The summed E-state index contributed by atoms with van der Waals surface area (Å²) in [7, 11) is 0. The molecular weight excluding hydrogens is 686 g/mol. The van der Waals surface area contributed by atoms with Gasteiger partial charge in [0.15, 0.2) is 5.78 Å². The lowest BCUT2D eigenvalue weighted by molar-refractivity contribution is -0.141. The van der Waals surface area contributed by atoms with Crippen LogP contribution in [0.3, 0.4) is 0 Å². The summed E-state index contributed by atoms with van der Waals surface area (Å²) in [4.78, 5) is 31.8. The Bertz CT molecular complexity index is 2360. The third-order valence-corrected chi connectivity index (χ3v) is 10.5. The van der Waals surface area contributed by atoms with Crippen LogP contribution in [0.15, 0.2) is 90.1 Å². The fraction of sp³-hybridized carbons (Fsp3) is 0.326. The molecule has 6 aromatic rings. The van der Waals surface area contributed by atoms with Crippen LogP contribution in [-0.2, 0) is 22.6 Å². The molecule has 1 heterocycles. The number of nitrogens with zero attached hydrogens (tertiary/aromatic N) is 2. The molecule has 280 valence electrons. The number of aryl methyl sites for hydroxylation is 4. The number of alkyl halides is 3. The van der Waals surface area contributed by atoms with E-state index in [4.69, 9.17) is 4.84 Å². The Morgan fingerprint density at radius 3 is 2.11 bits per heavy atom. The molecule has 0 amide bonds. The number of ketones is 1. The summed E-state index contributed by atoms with van der Waals surface area (Å²) in [6, 6.07) is 27.0. The van der Waals surface area contributed by atoms with Gasteiger partial charge in [0.05, 0.1) is 5.52 Å². The first kappa shape index (κ1) is 38.5. The zero-order chi connectivity index (χ0) is 38.7. The Hall–Kier alpha value is -5.24. The lowest BCUT2D eigenvalue weighted by Crippen LogP contribution is -2.11. The highest BCUT2D eigenvalue weighted by Crippen LogP contribution is 2.39. The predicted molar refractivity (Wildman–Crippen MR) is 213 cm³/mol. The van der Waals surface area contributed by atoms with E-state index in [1.165, 1.54) is 6.92 Å². The van der Waals surface area contributed by atoms with Crippen LogP contribution in [0, 0.1) is 26.7 Å². The number of carbonyl (C=O) groups excluding carboxylic acids is 2. The summed E-state index contributed by atoms with van der Waals surface area (Å²) in [5.74, 6) is -0.184. The van der Waals surface area contributed by atoms with Gasteiger partial charge in [-0.1, -0.05) is 111 Å². The molecule has 5 nitrogen and oxygen atoms in total. The van der Waals surface area contributed by atoms with E-state index in [2.05, 4.69) is 35.7 Å². The number of aromatic nitrogens is 1. The van der Waals surface area contributed by atoms with E-state index < -0.39 is 18.6 Å². The molecule has 0 saturated carbocycles. The highest BCUT2D eigenvalue weighted by molar-refractivity contribution is 6.27. The van der Waals surface area contributed by atoms with Gasteiger partial charge in [-0.2, -0.15) is 13.2 Å². The Morgan fingerprint density at radius 1 is 0.815 bits per heavy atom. The number of hydrogen-bond acceptors (Lipinski definition) is 4. The first-order chi connectivity index (χ1) is 25.8. The van der Waals surface area contributed by atoms with Crippen molar-refractivity contribution >= 4 is 50.0 Å². The minimum absolute atomic E-state index is 0.0303. The maximum Gasteiger partial charge on any atom is 0.389 e. The second-order valence-corrected chi connectivity index (χ2v) is 14.6. The Morgan fingerprint density at radius 2 is 1.48 bits per heavy atom. The van der Waals surface area contributed by atoms with Crippen LogP contribution in [0.4, 0.5) is 13.2 Å². The van der Waals surface area contributed by atoms with Crippen molar-refractivity contribution in [2.24, 2.45) is 11.1 Å². The molecule has 0 N–H and O–H groups in total. The summed E-state index contributed by atoms with van der Waals surface area (Å²) in [6.07, 6.45) is -0.925. The Kier molecular flexibility index (Phi) is 11.4. The van der Waals surface area contributed by atoms with E-state index in [-0.39, 0.29) is 12.2 Å². The maximum atomic E-state index is 14.6. The van der Waals surface area contributed by atoms with E-state index in [1.54, 1.807) is 24.3 Å². The monoisotopic (exact) mass is 732 g/mol. The van der Waals surface area contributed by atoms with Gasteiger partial charge in [0.25, 0.3) is 0 Å². The molecule has 0 aliphatic heterocycles. The number of hydrogen-bond donors (Lipinski definition) is 0. The minimum atomic E-state index is -4.25. The van der Waals surface area contributed by atoms with Crippen molar-refractivity contribution < 1.29 is 27.6 Å². The summed E-state index contributed by atoms with van der Waals surface area (Å²) < 4.78 is 41.2. The molecule has 8 heteroatoms. The molecular formula is C46H47F3N2O3. The van der Waals surface area contributed by atoms with Crippen LogP contribution in [0.25, 0.3) is 32.6 Å². The molecule has 0 aliphatic rings. The summed E-state index contributed by atoms with van der Waals surface area (Å²) >= 11 is 0. The molecule has 0 bridgehead atoms. The van der Waals surface area contributed by atoms with Crippen molar-refractivity contribution in [2.75, 3.05) is 0 Å². The van der Waals surface area contributed by atoms with E-state index in [0.717, 1.165) is 81.5 Å². The summed E-state index contributed by atoms with van der Waals surface area (Å²) in [5.41, 5.74) is 8.52. The second-order valence-electron chi connectivity index (χ2n) is 14.6. The van der Waals surface area contributed by atoms with Crippen LogP contribution in [-0.4, -0.2) is 28.2 Å². The molecule has 1 aromatic heterocycles. The van der Waals surface area contributed by atoms with Gasteiger partial charge < -0.3 is 9.40 Å². The predicted octanol–water partition coefficient (Wildman–Crippen LogP) is 12.1. The quantitative estimate of drug-likeness (QED) is 0.0514. The van der Waals surface area contributed by atoms with Gasteiger partial charge in [0, 0.05) is 63.8 Å². The summed E-state index contributed by atoms with van der Waals surface area (Å²) in [5, 5.41) is 7.99. The molecule has 1 unspecified atom stereocenters. The van der Waals surface area contributed by atoms with Gasteiger partial charge in [-0.15, -0.1) is 0 Å². The molecule has 0 saturated heterocycles. The van der Waals surface area contributed by atoms with E-state index in [9.17, 15) is 22.8 Å². The highest BCUT2D eigenvalue weighted by atomic mass is 19.4. The number of halogens is 3. The fourth-order valence-electron chi connectivity index (χ4n) is 7.83. The van der Waals surface area contributed by atoms with E-state index in [0.29, 0.717) is 39.4 Å². The fourth-order valence-corrected chi connectivity index (χ4v) is 7.83. The van der Waals surface area contributed by atoms with Crippen molar-refractivity contribution in [3.63, 3.8) is 0 Å². The van der Waals surface area contributed by atoms with Gasteiger partial charge in [-0.25, -0.2) is 4.79 Å². The van der Waals surface area contributed by atoms with Crippen LogP contribution < -0.4 is 0 Å². The van der Waals surface area contributed by atoms with Gasteiger partial charge in [0.2, 0.25) is 0 Å². The number of carbonyl (C=O) groups is 2. The zero-order valence-electron chi connectivity index (χ0n) is 31.9. The Balaban J connectivity index is 1.60. The molecule has 0 aliphatic carbocycles. The van der Waals surface area contributed by atoms with E-state index >= 15 is 0 Å². The molecule has 0 fully saturated rings. The standard InChI is InChI=1S/C46H47F3N2O3/c1-7-9-12-32(8-2)27-51-41-20-19-35(43(50-54-31(6)52)34-17-15-33(16-18-34)21-22-46(47,48)49)25-38(41)39-26-40(36-13-10-11-14-37(36)44(39)51)45(53)42-29(4)23-28(3)24-30(42)5/h10-11,13-20,23-26,32H,7-9,12,21-22,27H2,1-6H3/b50-43-. The van der Waals surface area contributed by atoms with Crippen LogP contribution >= 0.6 is 0 Å². The van der Waals surface area contributed by atoms with Gasteiger partial charge >= 0.3 is 12.1 Å². The van der Waals surface area contributed by atoms with E-state index in [1.807, 2.05) is 69.3 Å². The molecule has 54 heavy (non-hydrogen) atoms. The summed E-state index contributed by atoms with van der Waals surface area (Å²) in [6.45, 7) is 12.5. The number of unbranched alkanes of at least 4 members (excludes halogenated alkanes) is 1. The van der Waals surface area contributed by atoms with Gasteiger partial charge in [-0.3, -0.25) is 4.79 Å². The van der Waals surface area contributed by atoms with Gasteiger partial charge in [-0.05, 0) is 79.8 Å². The van der Waals surface area contributed by atoms with Gasteiger partial charge in [0.1, 0.15) is 5.71 Å². The number of benzene rings is 5. The first-order valence-electron chi connectivity index (χ1n) is 18.8. The SMILES string of the molecule is CCCCC(CC)Cn1c2ccc(/C(=N\OC(C)=O)c3ccc(CCC(F)(F)F)cc3)cc2c2cc(C(=O)c3c(C)cc(C)cc3C)c3ccccc3c21. The smallest absolute Gasteiger partial charge is 0.340 e. The third-order valence-electron chi connectivity index (χ3n) is 10.5. The molecule has 0 radical (unpaired) electrons. The third kappa shape index (κ3) is 8.13. The van der Waals surface area contributed by atoms with Crippen LogP contribution in [0.1, 0.15) is 102 Å². The minimum Gasteiger partial charge on any atom is -0.340 e. The van der Waals surface area contributed by atoms with Crippen molar-refractivity contribution in [2.45, 2.75) is 92.8 Å². The molecule has 6 rings (SSSR count). The molecule has 1 atom stereocenters. The number of fused-ring (bicyclic) bond motifs is 5. The molecule has 0 spiro atoms. The maximum absolute atomic E-state index is 14.6.